The van der Waals surface area contributed by atoms with Gasteiger partial charge in [0, 0.05) is 17.4 Å². The van der Waals surface area contributed by atoms with E-state index in [0.717, 1.165) is 28.8 Å². The lowest BCUT2D eigenvalue weighted by atomic mass is 10.1. The molecule has 0 aliphatic rings. The molecule has 0 fully saturated rings. The molecule has 0 aliphatic heterocycles. The molecule has 0 amide bonds. The van der Waals surface area contributed by atoms with Crippen LogP contribution in [0, 0.1) is 0 Å². The van der Waals surface area contributed by atoms with Gasteiger partial charge in [-0.3, -0.25) is 4.79 Å². The first-order valence-corrected chi connectivity index (χ1v) is 7.11. The summed E-state index contributed by atoms with van der Waals surface area (Å²) in [5, 5.41) is 4.13. The van der Waals surface area contributed by atoms with Crippen molar-refractivity contribution in [2.45, 2.75) is 32.7 Å². The third-order valence-electron chi connectivity index (χ3n) is 2.83. The van der Waals surface area contributed by atoms with Crippen LogP contribution in [0.3, 0.4) is 0 Å². The van der Waals surface area contributed by atoms with E-state index in [-0.39, 0.29) is 5.78 Å². The maximum absolute atomic E-state index is 12.1. The number of nitrogens with zero attached hydrogens (tertiary/aromatic N) is 3. The smallest absolute Gasteiger partial charge is 0.144 e. The minimum Gasteiger partial charge on any atom is -0.299 e. The van der Waals surface area contributed by atoms with Crippen molar-refractivity contribution >= 4 is 21.7 Å². The fourth-order valence-electron chi connectivity index (χ4n) is 1.92. The number of ketones is 1. The van der Waals surface area contributed by atoms with Crippen LogP contribution in [-0.2, 0) is 24.2 Å². The highest BCUT2D eigenvalue weighted by Crippen LogP contribution is 2.17. The predicted molar refractivity (Wildman–Crippen MR) is 76.9 cm³/mol. The van der Waals surface area contributed by atoms with E-state index in [1.165, 1.54) is 6.33 Å². The molecule has 1 aromatic carbocycles. The van der Waals surface area contributed by atoms with Gasteiger partial charge in [-0.2, -0.15) is 5.10 Å². The second-order valence-corrected chi connectivity index (χ2v) is 5.24. The van der Waals surface area contributed by atoms with E-state index in [1.54, 1.807) is 4.68 Å². The number of hydrogen-bond acceptors (Lipinski definition) is 3. The highest BCUT2D eigenvalue weighted by atomic mass is 79.9. The van der Waals surface area contributed by atoms with Crippen molar-refractivity contribution in [3.05, 3.63) is 46.5 Å². The van der Waals surface area contributed by atoms with Gasteiger partial charge in [0.15, 0.2) is 0 Å². The molecule has 1 aromatic heterocycles. The van der Waals surface area contributed by atoms with Crippen LogP contribution < -0.4 is 0 Å². The lowest BCUT2D eigenvalue weighted by molar-refractivity contribution is -0.117. The first kappa shape index (κ1) is 13.9. The van der Waals surface area contributed by atoms with Gasteiger partial charge in [0.2, 0.25) is 0 Å². The largest absolute Gasteiger partial charge is 0.299 e. The van der Waals surface area contributed by atoms with Crippen LogP contribution in [0.4, 0.5) is 0 Å². The molecule has 0 N–H and O–H groups in total. The van der Waals surface area contributed by atoms with Crippen LogP contribution in [0.1, 0.15) is 24.7 Å². The van der Waals surface area contributed by atoms with Crippen molar-refractivity contribution in [3.8, 4) is 0 Å². The molecule has 5 heteroatoms. The summed E-state index contributed by atoms with van der Waals surface area (Å²) < 4.78 is 2.77. The van der Waals surface area contributed by atoms with Crippen molar-refractivity contribution in [3.63, 3.8) is 0 Å². The monoisotopic (exact) mass is 321 g/mol. The number of halogens is 1. The Hall–Kier alpha value is -1.49. The van der Waals surface area contributed by atoms with Crippen LogP contribution in [-0.4, -0.2) is 20.5 Å². The summed E-state index contributed by atoms with van der Waals surface area (Å²) in [6.45, 7) is 2.88. The Morgan fingerprint density at radius 1 is 1.32 bits per heavy atom. The molecule has 2 aromatic rings. The molecule has 19 heavy (non-hydrogen) atoms. The molecule has 0 unspecified atom stereocenters. The first-order valence-electron chi connectivity index (χ1n) is 6.32. The van der Waals surface area contributed by atoms with Gasteiger partial charge in [-0.25, -0.2) is 9.67 Å². The Morgan fingerprint density at radius 3 is 2.84 bits per heavy atom. The van der Waals surface area contributed by atoms with Gasteiger partial charge in [-0.15, -0.1) is 0 Å². The molecule has 0 radical (unpaired) electrons. The molecule has 0 atom stereocenters. The number of aromatic nitrogens is 3. The predicted octanol–water partition coefficient (Wildman–Crippen LogP) is 2.80. The molecule has 0 spiro atoms. The Balaban J connectivity index is 2.02. The minimum atomic E-state index is 0.150. The van der Waals surface area contributed by atoms with Gasteiger partial charge in [0.1, 0.15) is 17.9 Å². The van der Waals surface area contributed by atoms with E-state index in [9.17, 15) is 4.79 Å². The number of Topliss-reactive ketones (excluding diaryl/α,β-unsaturated/α-hetero) is 1. The number of carbonyl (C=O) groups excluding carboxylic acids is 1. The summed E-state index contributed by atoms with van der Waals surface area (Å²) in [7, 11) is 0. The summed E-state index contributed by atoms with van der Waals surface area (Å²) in [6, 6.07) is 7.78. The van der Waals surface area contributed by atoms with E-state index in [4.69, 9.17) is 0 Å². The summed E-state index contributed by atoms with van der Waals surface area (Å²) in [4.78, 5) is 16.2. The van der Waals surface area contributed by atoms with Crippen LogP contribution in [0.15, 0.2) is 35.1 Å². The topological polar surface area (TPSA) is 47.8 Å². The summed E-state index contributed by atoms with van der Waals surface area (Å²) in [5.74, 6) is 0.899. The van der Waals surface area contributed by atoms with E-state index in [0.29, 0.717) is 12.8 Å². The van der Waals surface area contributed by atoms with Crippen molar-refractivity contribution in [1.29, 1.82) is 0 Å². The third-order valence-corrected chi connectivity index (χ3v) is 3.61. The normalized spacial score (nSPS) is 10.6. The van der Waals surface area contributed by atoms with E-state index < -0.39 is 0 Å². The fourth-order valence-corrected chi connectivity index (χ4v) is 2.34. The molecular formula is C14H16BrN3O. The van der Waals surface area contributed by atoms with Crippen molar-refractivity contribution < 1.29 is 4.79 Å². The van der Waals surface area contributed by atoms with Crippen LogP contribution in [0.5, 0.6) is 0 Å². The molecule has 4 nitrogen and oxygen atoms in total. The Morgan fingerprint density at radius 2 is 2.11 bits per heavy atom. The maximum Gasteiger partial charge on any atom is 0.144 e. The SMILES string of the molecule is CCCn1ncnc1CC(=O)Cc1ccccc1Br. The third kappa shape index (κ3) is 3.73. The van der Waals surface area contributed by atoms with Gasteiger partial charge in [-0.1, -0.05) is 41.1 Å². The van der Waals surface area contributed by atoms with Crippen molar-refractivity contribution in [2.24, 2.45) is 0 Å². The zero-order chi connectivity index (χ0) is 13.7. The van der Waals surface area contributed by atoms with E-state index in [1.807, 2.05) is 24.3 Å². The lowest BCUT2D eigenvalue weighted by Gasteiger charge is -2.05. The number of benzene rings is 1. The van der Waals surface area contributed by atoms with Crippen molar-refractivity contribution in [2.75, 3.05) is 0 Å². The number of aryl methyl sites for hydroxylation is 1. The minimum absolute atomic E-state index is 0.150. The van der Waals surface area contributed by atoms with E-state index >= 15 is 0 Å². The van der Waals surface area contributed by atoms with Gasteiger partial charge in [-0.05, 0) is 18.1 Å². The van der Waals surface area contributed by atoms with Crippen LogP contribution in [0.2, 0.25) is 0 Å². The van der Waals surface area contributed by atoms with Crippen molar-refractivity contribution in [1.82, 2.24) is 14.8 Å². The number of rotatable bonds is 6. The zero-order valence-corrected chi connectivity index (χ0v) is 12.4. The fraction of sp³-hybridized carbons (Fsp3) is 0.357. The average Bonchev–Trinajstić information content (AvgIpc) is 2.80. The van der Waals surface area contributed by atoms with Gasteiger partial charge in [0.05, 0.1) is 6.42 Å². The molecule has 100 valence electrons. The molecule has 1 heterocycles. The highest BCUT2D eigenvalue weighted by Gasteiger charge is 2.11. The van der Waals surface area contributed by atoms with Crippen LogP contribution in [0.25, 0.3) is 0 Å². The molecule has 2 rings (SSSR count). The Bertz CT molecular complexity index is 565. The molecule has 0 aliphatic carbocycles. The summed E-state index contributed by atoms with van der Waals surface area (Å²) >= 11 is 3.46. The highest BCUT2D eigenvalue weighted by molar-refractivity contribution is 9.10. The second-order valence-electron chi connectivity index (χ2n) is 4.38. The Kier molecular flexibility index (Phi) is 4.85. The lowest BCUT2D eigenvalue weighted by Crippen LogP contribution is -2.13. The average molecular weight is 322 g/mol. The van der Waals surface area contributed by atoms with Gasteiger partial charge in [0.25, 0.3) is 0 Å². The number of carbonyl (C=O) groups is 1. The zero-order valence-electron chi connectivity index (χ0n) is 10.8. The summed E-state index contributed by atoms with van der Waals surface area (Å²) in [6.07, 6.45) is 3.24. The summed E-state index contributed by atoms with van der Waals surface area (Å²) in [5.41, 5.74) is 1.01. The van der Waals surface area contributed by atoms with Crippen LogP contribution >= 0.6 is 15.9 Å². The Labute approximate surface area is 121 Å². The molecular weight excluding hydrogens is 306 g/mol. The maximum atomic E-state index is 12.1. The molecule has 0 bridgehead atoms. The van der Waals surface area contributed by atoms with Gasteiger partial charge < -0.3 is 0 Å². The quantitative estimate of drug-likeness (QED) is 0.822. The van der Waals surface area contributed by atoms with Gasteiger partial charge >= 0.3 is 0 Å². The molecule has 0 saturated carbocycles. The standard InChI is InChI=1S/C14H16BrN3O/c1-2-7-18-14(16-10-17-18)9-12(19)8-11-5-3-4-6-13(11)15/h3-6,10H,2,7-9H2,1H3. The number of hydrogen-bond donors (Lipinski definition) is 0. The van der Waals surface area contributed by atoms with E-state index in [2.05, 4.69) is 32.9 Å². The molecule has 0 saturated heterocycles. The second kappa shape index (κ2) is 6.61. The first-order chi connectivity index (χ1) is 9.20.